The van der Waals surface area contributed by atoms with Gasteiger partial charge in [0.25, 0.3) is 0 Å². The van der Waals surface area contributed by atoms with Crippen LogP contribution in [-0.2, 0) is 19.9 Å². The van der Waals surface area contributed by atoms with Gasteiger partial charge in [-0.05, 0) is 26.3 Å². The molecule has 2 heterocycles. The maximum absolute atomic E-state index is 12.5. The molecule has 0 bridgehead atoms. The summed E-state index contributed by atoms with van der Waals surface area (Å²) in [5.74, 6) is -0.185. The highest BCUT2D eigenvalue weighted by molar-refractivity contribution is 7.92. The Bertz CT molecular complexity index is 731. The Labute approximate surface area is 125 Å². The van der Waals surface area contributed by atoms with E-state index in [9.17, 15) is 16.8 Å². The van der Waals surface area contributed by atoms with Gasteiger partial charge in [-0.15, -0.1) is 0 Å². The van der Waals surface area contributed by atoms with E-state index in [1.54, 1.807) is 13.0 Å². The van der Waals surface area contributed by atoms with Crippen LogP contribution in [0.4, 0.5) is 5.69 Å². The second-order valence-electron chi connectivity index (χ2n) is 5.41. The first-order valence-corrected chi connectivity index (χ1v) is 9.90. The maximum Gasteiger partial charge on any atom is 0.244 e. The highest BCUT2D eigenvalue weighted by atomic mass is 32.2. The molecular weight excluding hydrogens is 314 g/mol. The third-order valence-corrected chi connectivity index (χ3v) is 6.89. The monoisotopic (exact) mass is 333 g/mol. The molecule has 0 spiro atoms. The summed E-state index contributed by atoms with van der Waals surface area (Å²) in [6, 6.07) is 1.58. The van der Waals surface area contributed by atoms with Crippen molar-refractivity contribution < 1.29 is 16.8 Å². The molecule has 1 fully saturated rings. The van der Waals surface area contributed by atoms with Gasteiger partial charge in [0.2, 0.25) is 10.0 Å². The Morgan fingerprint density at radius 1 is 1.43 bits per heavy atom. The van der Waals surface area contributed by atoms with Gasteiger partial charge < -0.3 is 5.32 Å². The largest absolute Gasteiger partial charge is 0.384 e. The number of hydrogen-bond acceptors (Lipinski definition) is 6. The van der Waals surface area contributed by atoms with Crippen LogP contribution >= 0.6 is 0 Å². The average molecular weight is 333 g/mol. The minimum Gasteiger partial charge on any atom is -0.384 e. The van der Waals surface area contributed by atoms with E-state index in [2.05, 4.69) is 15.0 Å². The van der Waals surface area contributed by atoms with Gasteiger partial charge in [-0.1, -0.05) is 0 Å². The van der Waals surface area contributed by atoms with Crippen molar-refractivity contribution in [1.29, 1.82) is 0 Å². The SMILES string of the molecule is CCNc1ccncc1S(=O)(=O)NC1(C)CCS(=O)(=O)C1. The summed E-state index contributed by atoms with van der Waals surface area (Å²) < 4.78 is 50.7. The molecule has 2 rings (SSSR count). The van der Waals surface area contributed by atoms with E-state index in [1.165, 1.54) is 12.4 Å². The maximum atomic E-state index is 12.5. The van der Waals surface area contributed by atoms with E-state index < -0.39 is 25.4 Å². The van der Waals surface area contributed by atoms with Crippen LogP contribution < -0.4 is 10.0 Å². The Hall–Kier alpha value is -1.19. The predicted octanol–water partition coefficient (Wildman–Crippen LogP) is 0.369. The second-order valence-corrected chi connectivity index (χ2v) is 9.25. The minimum atomic E-state index is -3.84. The molecule has 0 radical (unpaired) electrons. The molecule has 0 saturated carbocycles. The number of hydrogen-bond donors (Lipinski definition) is 2. The first-order valence-electron chi connectivity index (χ1n) is 6.60. The van der Waals surface area contributed by atoms with E-state index in [4.69, 9.17) is 0 Å². The zero-order valence-electron chi connectivity index (χ0n) is 12.0. The molecule has 7 nitrogen and oxygen atoms in total. The number of rotatable bonds is 5. The van der Waals surface area contributed by atoms with Crippen molar-refractivity contribution >= 4 is 25.5 Å². The van der Waals surface area contributed by atoms with E-state index in [-0.39, 0.29) is 22.8 Å². The van der Waals surface area contributed by atoms with Crippen molar-refractivity contribution in [2.75, 3.05) is 23.4 Å². The summed E-state index contributed by atoms with van der Waals surface area (Å²) in [5.41, 5.74) is -0.527. The average Bonchev–Trinajstić information content (AvgIpc) is 2.63. The fraction of sp³-hybridized carbons (Fsp3) is 0.583. The lowest BCUT2D eigenvalue weighted by molar-refractivity contribution is 0.462. The molecule has 2 N–H and O–H groups in total. The Kier molecular flexibility index (Phi) is 4.27. The van der Waals surface area contributed by atoms with Gasteiger partial charge in [0.1, 0.15) is 4.90 Å². The Morgan fingerprint density at radius 2 is 2.14 bits per heavy atom. The van der Waals surface area contributed by atoms with Crippen molar-refractivity contribution in [2.24, 2.45) is 0 Å². The summed E-state index contributed by atoms with van der Waals surface area (Å²) in [4.78, 5) is 3.87. The van der Waals surface area contributed by atoms with Gasteiger partial charge in [-0.3, -0.25) is 4.98 Å². The van der Waals surface area contributed by atoms with Gasteiger partial charge in [0, 0.05) is 24.5 Å². The molecule has 1 aromatic heterocycles. The molecule has 0 amide bonds. The topological polar surface area (TPSA) is 105 Å². The van der Waals surface area contributed by atoms with Gasteiger partial charge in [-0.25, -0.2) is 21.6 Å². The molecule has 1 saturated heterocycles. The van der Waals surface area contributed by atoms with E-state index in [0.717, 1.165) is 0 Å². The first-order chi connectivity index (χ1) is 9.68. The van der Waals surface area contributed by atoms with Crippen molar-refractivity contribution in [1.82, 2.24) is 9.71 Å². The number of aromatic nitrogens is 1. The highest BCUT2D eigenvalue weighted by Crippen LogP contribution is 2.27. The van der Waals surface area contributed by atoms with Crippen molar-refractivity contribution in [3.63, 3.8) is 0 Å². The van der Waals surface area contributed by atoms with Crippen LogP contribution in [0, 0.1) is 0 Å². The molecule has 1 aliphatic heterocycles. The smallest absolute Gasteiger partial charge is 0.244 e. The lowest BCUT2D eigenvalue weighted by atomic mass is 10.0. The van der Waals surface area contributed by atoms with E-state index in [1.807, 2.05) is 6.92 Å². The molecule has 1 atom stereocenters. The molecule has 1 unspecified atom stereocenters. The van der Waals surface area contributed by atoms with Gasteiger partial charge >= 0.3 is 0 Å². The standard InChI is InChI=1S/C12H19N3O4S2/c1-3-14-10-4-6-13-8-11(10)21(18,19)15-12(2)5-7-20(16,17)9-12/h4,6,8,15H,3,5,7,9H2,1-2H3,(H,13,14). The fourth-order valence-corrected chi connectivity index (χ4v) is 6.15. The molecule has 0 aliphatic carbocycles. The van der Waals surface area contributed by atoms with Crippen molar-refractivity contribution in [3.05, 3.63) is 18.5 Å². The zero-order valence-corrected chi connectivity index (χ0v) is 13.6. The fourth-order valence-electron chi connectivity index (χ4n) is 2.40. The van der Waals surface area contributed by atoms with E-state index >= 15 is 0 Å². The van der Waals surface area contributed by atoms with Crippen LogP contribution in [0.25, 0.3) is 0 Å². The van der Waals surface area contributed by atoms with Crippen LogP contribution in [-0.4, -0.2) is 45.4 Å². The molecule has 118 valence electrons. The quantitative estimate of drug-likeness (QED) is 0.806. The molecule has 0 aromatic carbocycles. The summed E-state index contributed by atoms with van der Waals surface area (Å²) in [6.45, 7) is 4.03. The third kappa shape index (κ3) is 3.72. The number of pyridine rings is 1. The van der Waals surface area contributed by atoms with Crippen LogP contribution in [0.5, 0.6) is 0 Å². The predicted molar refractivity (Wildman–Crippen MR) is 80.4 cm³/mol. The molecule has 1 aliphatic rings. The minimum absolute atomic E-state index is 0.000866. The molecule has 9 heteroatoms. The van der Waals surface area contributed by atoms with Gasteiger partial charge in [0.15, 0.2) is 9.84 Å². The molecular formula is C12H19N3O4S2. The lowest BCUT2D eigenvalue weighted by Crippen LogP contribution is -2.46. The van der Waals surface area contributed by atoms with E-state index in [0.29, 0.717) is 12.2 Å². The number of sulfone groups is 1. The highest BCUT2D eigenvalue weighted by Gasteiger charge is 2.41. The molecule has 21 heavy (non-hydrogen) atoms. The normalized spacial score (nSPS) is 24.9. The van der Waals surface area contributed by atoms with Crippen LogP contribution in [0.2, 0.25) is 0 Å². The van der Waals surface area contributed by atoms with Crippen LogP contribution in [0.1, 0.15) is 20.3 Å². The zero-order chi connectivity index (χ0) is 15.7. The number of anilines is 1. The number of sulfonamides is 1. The lowest BCUT2D eigenvalue weighted by Gasteiger charge is -2.24. The number of nitrogens with one attached hydrogen (secondary N) is 2. The van der Waals surface area contributed by atoms with Crippen molar-refractivity contribution in [3.8, 4) is 0 Å². The van der Waals surface area contributed by atoms with Crippen molar-refractivity contribution in [2.45, 2.75) is 30.7 Å². The number of nitrogens with zero attached hydrogens (tertiary/aromatic N) is 1. The van der Waals surface area contributed by atoms with Gasteiger partial charge in [-0.2, -0.15) is 0 Å². The summed E-state index contributed by atoms with van der Waals surface area (Å²) in [7, 11) is -7.03. The van der Waals surface area contributed by atoms with Gasteiger partial charge in [0.05, 0.1) is 17.2 Å². The third-order valence-electron chi connectivity index (χ3n) is 3.33. The summed E-state index contributed by atoms with van der Waals surface area (Å²) in [6.07, 6.45) is 3.03. The second kappa shape index (κ2) is 5.54. The Morgan fingerprint density at radius 3 is 2.71 bits per heavy atom. The first kappa shape index (κ1) is 16.2. The summed E-state index contributed by atoms with van der Waals surface area (Å²) >= 11 is 0. The summed E-state index contributed by atoms with van der Waals surface area (Å²) in [5, 5.41) is 2.96. The van der Waals surface area contributed by atoms with Crippen LogP contribution in [0.15, 0.2) is 23.4 Å². The Balaban J connectivity index is 2.32. The van der Waals surface area contributed by atoms with Crippen LogP contribution in [0.3, 0.4) is 0 Å². The molecule has 1 aromatic rings.